The molecule has 0 radical (unpaired) electrons. The molecule has 1 unspecified atom stereocenters. The molecule has 1 atom stereocenters. The minimum absolute atomic E-state index is 0.0465. The van der Waals surface area contributed by atoms with Gasteiger partial charge in [0.25, 0.3) is 0 Å². The van der Waals surface area contributed by atoms with Crippen LogP contribution in [0, 0.1) is 5.92 Å². The molecule has 0 aliphatic heterocycles. The molecule has 0 heterocycles. The molecule has 0 aromatic carbocycles. The van der Waals surface area contributed by atoms with Gasteiger partial charge in [0.15, 0.2) is 0 Å². The standard InChI is InChI=1S/C12H26N2O3/c1-10(2)4-6-17-7-5-14-12(15)8-11(9-13)16-3/h10-11H,4-9,13H2,1-3H3,(H,14,15). The van der Waals surface area contributed by atoms with Crippen molar-refractivity contribution >= 4 is 5.91 Å². The van der Waals surface area contributed by atoms with Gasteiger partial charge in [0.05, 0.1) is 19.1 Å². The zero-order chi connectivity index (χ0) is 13.1. The summed E-state index contributed by atoms with van der Waals surface area (Å²) in [6, 6.07) is 0. The molecule has 0 rings (SSSR count). The minimum atomic E-state index is -0.197. The summed E-state index contributed by atoms with van der Waals surface area (Å²) in [5, 5.41) is 2.77. The maximum atomic E-state index is 11.4. The molecule has 102 valence electrons. The predicted molar refractivity (Wildman–Crippen MR) is 67.8 cm³/mol. The van der Waals surface area contributed by atoms with Crippen molar-refractivity contribution in [3.63, 3.8) is 0 Å². The van der Waals surface area contributed by atoms with E-state index in [1.54, 1.807) is 7.11 Å². The molecule has 0 aromatic rings. The lowest BCUT2D eigenvalue weighted by Gasteiger charge is -2.12. The normalized spacial score (nSPS) is 12.8. The van der Waals surface area contributed by atoms with Gasteiger partial charge in [-0.3, -0.25) is 4.79 Å². The third-order valence-corrected chi connectivity index (χ3v) is 2.42. The summed E-state index contributed by atoms with van der Waals surface area (Å²) in [6.45, 7) is 6.51. The molecule has 0 spiro atoms. The average Bonchev–Trinajstić information content (AvgIpc) is 2.30. The molecule has 0 aromatic heterocycles. The summed E-state index contributed by atoms with van der Waals surface area (Å²) >= 11 is 0. The molecule has 0 saturated heterocycles. The Morgan fingerprint density at radius 1 is 1.35 bits per heavy atom. The minimum Gasteiger partial charge on any atom is -0.380 e. The van der Waals surface area contributed by atoms with Gasteiger partial charge in [-0.05, 0) is 12.3 Å². The van der Waals surface area contributed by atoms with Crippen LogP contribution in [-0.2, 0) is 14.3 Å². The van der Waals surface area contributed by atoms with E-state index in [4.69, 9.17) is 15.2 Å². The molecule has 0 bridgehead atoms. The maximum absolute atomic E-state index is 11.4. The van der Waals surface area contributed by atoms with Crippen molar-refractivity contribution in [2.45, 2.75) is 32.8 Å². The van der Waals surface area contributed by atoms with Crippen LogP contribution in [0.3, 0.4) is 0 Å². The first-order valence-corrected chi connectivity index (χ1v) is 6.17. The van der Waals surface area contributed by atoms with Gasteiger partial charge in [-0.15, -0.1) is 0 Å². The predicted octanol–water partition coefficient (Wildman–Crippen LogP) is 0.529. The molecule has 5 heteroatoms. The number of rotatable bonds is 10. The largest absolute Gasteiger partial charge is 0.380 e. The zero-order valence-electron chi connectivity index (χ0n) is 11.2. The number of carbonyl (C=O) groups is 1. The molecule has 1 amide bonds. The van der Waals surface area contributed by atoms with Crippen molar-refractivity contribution in [3.8, 4) is 0 Å². The first-order chi connectivity index (χ1) is 8.10. The Labute approximate surface area is 104 Å². The molecule has 0 aliphatic carbocycles. The van der Waals surface area contributed by atoms with Gasteiger partial charge in [0, 0.05) is 26.8 Å². The van der Waals surface area contributed by atoms with Gasteiger partial charge in [-0.1, -0.05) is 13.8 Å². The molecule has 5 nitrogen and oxygen atoms in total. The lowest BCUT2D eigenvalue weighted by molar-refractivity contribution is -0.123. The average molecular weight is 246 g/mol. The van der Waals surface area contributed by atoms with Gasteiger partial charge in [-0.2, -0.15) is 0 Å². The SMILES string of the molecule is COC(CN)CC(=O)NCCOCCC(C)C. The van der Waals surface area contributed by atoms with E-state index in [2.05, 4.69) is 19.2 Å². The second kappa shape index (κ2) is 10.5. The smallest absolute Gasteiger partial charge is 0.222 e. The van der Waals surface area contributed by atoms with Crippen LogP contribution in [0.25, 0.3) is 0 Å². The van der Waals surface area contributed by atoms with Crippen molar-refractivity contribution in [2.24, 2.45) is 11.7 Å². The van der Waals surface area contributed by atoms with E-state index in [1.165, 1.54) is 0 Å². The lowest BCUT2D eigenvalue weighted by Crippen LogP contribution is -2.33. The van der Waals surface area contributed by atoms with Gasteiger partial charge in [0.2, 0.25) is 5.91 Å². The van der Waals surface area contributed by atoms with E-state index in [0.717, 1.165) is 13.0 Å². The van der Waals surface area contributed by atoms with Gasteiger partial charge in [-0.25, -0.2) is 0 Å². The number of amides is 1. The van der Waals surface area contributed by atoms with Crippen LogP contribution < -0.4 is 11.1 Å². The molecular weight excluding hydrogens is 220 g/mol. The highest BCUT2D eigenvalue weighted by Crippen LogP contribution is 1.98. The van der Waals surface area contributed by atoms with Crippen LogP contribution >= 0.6 is 0 Å². The number of nitrogens with two attached hydrogens (primary N) is 1. The van der Waals surface area contributed by atoms with E-state index >= 15 is 0 Å². The number of nitrogens with one attached hydrogen (secondary N) is 1. The summed E-state index contributed by atoms with van der Waals surface area (Å²) < 4.78 is 10.4. The Bertz CT molecular complexity index is 194. The second-order valence-corrected chi connectivity index (χ2v) is 4.44. The third-order valence-electron chi connectivity index (χ3n) is 2.42. The van der Waals surface area contributed by atoms with Crippen molar-refractivity contribution in [2.75, 3.05) is 33.4 Å². The van der Waals surface area contributed by atoms with Crippen molar-refractivity contribution in [1.82, 2.24) is 5.32 Å². The lowest BCUT2D eigenvalue weighted by atomic mass is 10.1. The highest BCUT2D eigenvalue weighted by molar-refractivity contribution is 5.76. The van der Waals surface area contributed by atoms with Gasteiger partial charge >= 0.3 is 0 Å². The molecule has 0 aliphatic rings. The monoisotopic (exact) mass is 246 g/mol. The van der Waals surface area contributed by atoms with Gasteiger partial charge < -0.3 is 20.5 Å². The van der Waals surface area contributed by atoms with Crippen LogP contribution in [0.1, 0.15) is 26.7 Å². The van der Waals surface area contributed by atoms with Crippen LogP contribution in [0.4, 0.5) is 0 Å². The summed E-state index contributed by atoms with van der Waals surface area (Å²) in [5.74, 6) is 0.603. The molecule has 3 N–H and O–H groups in total. The van der Waals surface area contributed by atoms with E-state index in [-0.39, 0.29) is 12.0 Å². The third kappa shape index (κ3) is 10.2. The first-order valence-electron chi connectivity index (χ1n) is 6.17. The quantitative estimate of drug-likeness (QED) is 0.551. The molecule has 0 fully saturated rings. The number of carbonyl (C=O) groups excluding carboxylic acids is 1. The Morgan fingerprint density at radius 2 is 2.06 bits per heavy atom. The number of ether oxygens (including phenoxy) is 2. The second-order valence-electron chi connectivity index (χ2n) is 4.44. The maximum Gasteiger partial charge on any atom is 0.222 e. The van der Waals surface area contributed by atoms with Crippen molar-refractivity contribution in [1.29, 1.82) is 0 Å². The number of hydrogen-bond donors (Lipinski definition) is 2. The fourth-order valence-corrected chi connectivity index (χ4v) is 1.23. The highest BCUT2D eigenvalue weighted by Gasteiger charge is 2.10. The van der Waals surface area contributed by atoms with E-state index in [0.29, 0.717) is 32.0 Å². The van der Waals surface area contributed by atoms with Crippen LogP contribution in [0.15, 0.2) is 0 Å². The first kappa shape index (κ1) is 16.4. The molecule has 0 saturated carbocycles. The Morgan fingerprint density at radius 3 is 2.59 bits per heavy atom. The Balaban J connectivity index is 3.39. The van der Waals surface area contributed by atoms with E-state index in [9.17, 15) is 4.79 Å². The van der Waals surface area contributed by atoms with Gasteiger partial charge in [0.1, 0.15) is 0 Å². The molecular formula is C12H26N2O3. The van der Waals surface area contributed by atoms with E-state index < -0.39 is 0 Å². The summed E-state index contributed by atoms with van der Waals surface area (Å²) in [6.07, 6.45) is 1.16. The van der Waals surface area contributed by atoms with Crippen LogP contribution in [0.5, 0.6) is 0 Å². The Hall–Kier alpha value is -0.650. The van der Waals surface area contributed by atoms with Crippen LogP contribution in [-0.4, -0.2) is 45.4 Å². The van der Waals surface area contributed by atoms with Crippen molar-refractivity contribution in [3.05, 3.63) is 0 Å². The topological polar surface area (TPSA) is 73.6 Å². The summed E-state index contributed by atoms with van der Waals surface area (Å²) in [7, 11) is 1.56. The Kier molecular flexibility index (Phi) is 10.1. The van der Waals surface area contributed by atoms with E-state index in [1.807, 2.05) is 0 Å². The molecule has 17 heavy (non-hydrogen) atoms. The number of hydrogen-bond acceptors (Lipinski definition) is 4. The fraction of sp³-hybridized carbons (Fsp3) is 0.917. The summed E-state index contributed by atoms with van der Waals surface area (Å²) in [5.41, 5.74) is 5.42. The zero-order valence-corrected chi connectivity index (χ0v) is 11.2. The van der Waals surface area contributed by atoms with Crippen LogP contribution in [0.2, 0.25) is 0 Å². The fourth-order valence-electron chi connectivity index (χ4n) is 1.23. The summed E-state index contributed by atoms with van der Waals surface area (Å²) in [4.78, 5) is 11.4. The van der Waals surface area contributed by atoms with Crippen molar-refractivity contribution < 1.29 is 14.3 Å². The number of methoxy groups -OCH3 is 1. The highest BCUT2D eigenvalue weighted by atomic mass is 16.5.